The summed E-state index contributed by atoms with van der Waals surface area (Å²) in [5, 5.41) is 6.14. The third kappa shape index (κ3) is 4.75. The molecule has 142 valence electrons. The van der Waals surface area contributed by atoms with E-state index in [9.17, 15) is 9.59 Å². The normalized spacial score (nSPS) is 10.4. The summed E-state index contributed by atoms with van der Waals surface area (Å²) in [6.07, 6.45) is 3.77. The van der Waals surface area contributed by atoms with Crippen LogP contribution in [0.25, 0.3) is 0 Å². The van der Waals surface area contributed by atoms with Crippen LogP contribution in [-0.2, 0) is 6.42 Å². The van der Waals surface area contributed by atoms with Crippen molar-refractivity contribution in [2.75, 3.05) is 10.6 Å². The molecule has 6 heteroatoms. The second-order valence-electron chi connectivity index (χ2n) is 6.38. The van der Waals surface area contributed by atoms with Crippen LogP contribution in [0.2, 0.25) is 5.02 Å². The number of nitrogens with zero attached hydrogens (tertiary/aromatic N) is 1. The van der Waals surface area contributed by atoms with Crippen molar-refractivity contribution in [3.8, 4) is 0 Å². The minimum absolute atomic E-state index is 0.283. The largest absolute Gasteiger partial charge is 0.322 e. The van der Waals surface area contributed by atoms with Gasteiger partial charge in [-0.2, -0.15) is 0 Å². The zero-order valence-corrected chi connectivity index (χ0v) is 16.4. The van der Waals surface area contributed by atoms with Crippen molar-refractivity contribution >= 4 is 34.8 Å². The number of benzene rings is 2. The number of hydrogen-bond acceptors (Lipinski definition) is 3. The Balaban J connectivity index is 1.72. The highest BCUT2D eigenvalue weighted by atomic mass is 35.5. The van der Waals surface area contributed by atoms with E-state index < -0.39 is 0 Å². The van der Waals surface area contributed by atoms with Crippen LogP contribution in [0.4, 0.5) is 11.4 Å². The first kappa shape index (κ1) is 19.6. The second-order valence-corrected chi connectivity index (χ2v) is 6.79. The fourth-order valence-corrected chi connectivity index (χ4v) is 2.77. The molecule has 0 aliphatic carbocycles. The molecular weight excluding hydrogens is 374 g/mol. The molecule has 3 aromatic rings. The van der Waals surface area contributed by atoms with Crippen LogP contribution in [0.15, 0.2) is 60.9 Å². The summed E-state index contributed by atoms with van der Waals surface area (Å²) in [6, 6.07) is 14.4. The molecule has 0 radical (unpaired) electrons. The van der Waals surface area contributed by atoms with E-state index >= 15 is 0 Å². The summed E-state index contributed by atoms with van der Waals surface area (Å²) in [5.41, 5.74) is 3.96. The molecule has 0 saturated carbocycles. The third-order valence-electron chi connectivity index (χ3n) is 4.31. The van der Waals surface area contributed by atoms with Crippen LogP contribution < -0.4 is 10.6 Å². The second kappa shape index (κ2) is 8.67. The molecule has 3 rings (SSSR count). The highest BCUT2D eigenvalue weighted by Crippen LogP contribution is 2.20. The highest BCUT2D eigenvalue weighted by Gasteiger charge is 2.12. The summed E-state index contributed by atoms with van der Waals surface area (Å²) in [5.74, 6) is -0.695. The molecule has 0 aliphatic rings. The van der Waals surface area contributed by atoms with Gasteiger partial charge in [0.15, 0.2) is 0 Å². The van der Waals surface area contributed by atoms with Crippen molar-refractivity contribution in [3.05, 3.63) is 88.2 Å². The number of nitrogens with one attached hydrogen (secondary N) is 2. The summed E-state index contributed by atoms with van der Waals surface area (Å²) in [7, 11) is 0. The van der Waals surface area contributed by atoms with Gasteiger partial charge >= 0.3 is 0 Å². The Hall–Kier alpha value is -3.18. The van der Waals surface area contributed by atoms with E-state index in [2.05, 4.69) is 22.5 Å². The molecule has 0 aliphatic heterocycles. The highest BCUT2D eigenvalue weighted by molar-refractivity contribution is 6.31. The predicted octanol–water partition coefficient (Wildman–Crippen LogP) is 5.11. The molecule has 0 atom stereocenters. The van der Waals surface area contributed by atoms with E-state index in [1.807, 2.05) is 37.3 Å². The van der Waals surface area contributed by atoms with Gasteiger partial charge in [0.1, 0.15) is 0 Å². The number of aromatic nitrogens is 1. The molecule has 2 amide bonds. The first-order valence-electron chi connectivity index (χ1n) is 8.89. The molecule has 0 saturated heterocycles. The summed E-state index contributed by atoms with van der Waals surface area (Å²) in [6.45, 7) is 3.95. The summed E-state index contributed by atoms with van der Waals surface area (Å²) in [4.78, 5) is 29.0. The topological polar surface area (TPSA) is 71.1 Å². The molecule has 28 heavy (non-hydrogen) atoms. The number of hydrogen-bond donors (Lipinski definition) is 2. The minimum Gasteiger partial charge on any atom is -0.322 e. The van der Waals surface area contributed by atoms with Gasteiger partial charge in [0.05, 0.1) is 11.1 Å². The molecule has 5 nitrogen and oxygen atoms in total. The molecule has 2 aromatic carbocycles. The number of carbonyl (C=O) groups is 2. The van der Waals surface area contributed by atoms with Gasteiger partial charge in [-0.25, -0.2) is 0 Å². The Morgan fingerprint density at radius 1 is 0.893 bits per heavy atom. The minimum atomic E-state index is -0.366. The van der Waals surface area contributed by atoms with Crippen molar-refractivity contribution in [1.82, 2.24) is 4.98 Å². The zero-order chi connectivity index (χ0) is 20.1. The fraction of sp³-hybridized carbons (Fsp3) is 0.136. The first-order chi connectivity index (χ1) is 13.5. The van der Waals surface area contributed by atoms with Gasteiger partial charge in [0.2, 0.25) is 0 Å². The van der Waals surface area contributed by atoms with Gasteiger partial charge in [0, 0.05) is 28.8 Å². The van der Waals surface area contributed by atoms with E-state index in [4.69, 9.17) is 11.6 Å². The van der Waals surface area contributed by atoms with Gasteiger partial charge < -0.3 is 10.6 Å². The standard InChI is InChI=1S/C22H20ClN3O2/c1-3-15-5-8-18(9-6-15)25-21(27)16-10-17(13-24-12-16)22(28)26-19-7-4-14(2)20(23)11-19/h4-13H,3H2,1-2H3,(H,25,27)(H,26,28). The van der Waals surface area contributed by atoms with Crippen molar-refractivity contribution in [3.63, 3.8) is 0 Å². The molecule has 0 bridgehead atoms. The summed E-state index contributed by atoms with van der Waals surface area (Å²) < 4.78 is 0. The lowest BCUT2D eigenvalue weighted by atomic mass is 10.1. The Labute approximate surface area is 168 Å². The lowest BCUT2D eigenvalue weighted by Gasteiger charge is -2.09. The molecule has 0 unspecified atom stereocenters. The van der Waals surface area contributed by atoms with Crippen molar-refractivity contribution in [2.24, 2.45) is 0 Å². The Morgan fingerprint density at radius 2 is 1.46 bits per heavy atom. The van der Waals surface area contributed by atoms with Crippen LogP contribution in [0.1, 0.15) is 38.8 Å². The number of anilines is 2. The molecule has 1 aromatic heterocycles. The van der Waals surface area contributed by atoms with E-state index in [-0.39, 0.29) is 17.4 Å². The Bertz CT molecular complexity index is 1020. The van der Waals surface area contributed by atoms with E-state index in [1.54, 1.807) is 12.1 Å². The number of aryl methyl sites for hydroxylation is 2. The molecule has 1 heterocycles. The number of amides is 2. The maximum atomic E-state index is 12.5. The van der Waals surface area contributed by atoms with Gasteiger partial charge in [-0.3, -0.25) is 14.6 Å². The number of pyridine rings is 1. The smallest absolute Gasteiger partial charge is 0.257 e. The van der Waals surface area contributed by atoms with Crippen LogP contribution in [0.3, 0.4) is 0 Å². The van der Waals surface area contributed by atoms with E-state index in [0.29, 0.717) is 22.0 Å². The SMILES string of the molecule is CCc1ccc(NC(=O)c2cncc(C(=O)Nc3ccc(C)c(Cl)c3)c2)cc1. The van der Waals surface area contributed by atoms with Crippen LogP contribution in [0, 0.1) is 6.92 Å². The van der Waals surface area contributed by atoms with Crippen LogP contribution in [0.5, 0.6) is 0 Å². The van der Waals surface area contributed by atoms with Crippen LogP contribution in [-0.4, -0.2) is 16.8 Å². The Kier molecular flexibility index (Phi) is 6.06. The first-order valence-corrected chi connectivity index (χ1v) is 9.27. The monoisotopic (exact) mass is 393 g/mol. The maximum Gasteiger partial charge on any atom is 0.257 e. The lowest BCUT2D eigenvalue weighted by molar-refractivity contribution is 0.102. The van der Waals surface area contributed by atoms with Crippen molar-refractivity contribution < 1.29 is 9.59 Å². The predicted molar refractivity (Wildman–Crippen MR) is 112 cm³/mol. The fourth-order valence-electron chi connectivity index (χ4n) is 2.59. The summed E-state index contributed by atoms with van der Waals surface area (Å²) >= 11 is 6.09. The molecule has 2 N–H and O–H groups in total. The number of halogens is 1. The number of carbonyl (C=O) groups excluding carboxylic acids is 2. The average molecular weight is 394 g/mol. The van der Waals surface area contributed by atoms with E-state index in [0.717, 1.165) is 12.0 Å². The zero-order valence-electron chi connectivity index (χ0n) is 15.6. The Morgan fingerprint density at radius 3 is 2.04 bits per heavy atom. The quantitative estimate of drug-likeness (QED) is 0.632. The lowest BCUT2D eigenvalue weighted by Crippen LogP contribution is -2.16. The van der Waals surface area contributed by atoms with Gasteiger partial charge in [-0.1, -0.05) is 36.7 Å². The number of rotatable bonds is 5. The molecule has 0 spiro atoms. The van der Waals surface area contributed by atoms with Gasteiger partial charge in [0.25, 0.3) is 11.8 Å². The maximum absolute atomic E-state index is 12.5. The van der Waals surface area contributed by atoms with Crippen LogP contribution >= 0.6 is 11.6 Å². The molecule has 0 fully saturated rings. The van der Waals surface area contributed by atoms with Gasteiger partial charge in [-0.15, -0.1) is 0 Å². The van der Waals surface area contributed by atoms with Crippen molar-refractivity contribution in [1.29, 1.82) is 0 Å². The molecular formula is C22H20ClN3O2. The van der Waals surface area contributed by atoms with Crippen molar-refractivity contribution in [2.45, 2.75) is 20.3 Å². The van der Waals surface area contributed by atoms with Gasteiger partial charge in [-0.05, 0) is 54.8 Å². The average Bonchev–Trinajstić information content (AvgIpc) is 2.71. The van der Waals surface area contributed by atoms with E-state index in [1.165, 1.54) is 24.0 Å². The third-order valence-corrected chi connectivity index (χ3v) is 4.72.